The topological polar surface area (TPSA) is 114 Å². The number of non-ortho nitro benzene ring substituents is 1. The maximum absolute atomic E-state index is 12.7. The summed E-state index contributed by atoms with van der Waals surface area (Å²) in [4.78, 5) is 40.0. The number of aromatic nitrogens is 1. The van der Waals surface area contributed by atoms with E-state index in [4.69, 9.17) is 0 Å². The highest BCUT2D eigenvalue weighted by Gasteiger charge is 2.19. The van der Waals surface area contributed by atoms with Crippen LogP contribution in [-0.4, -0.2) is 27.2 Å². The van der Waals surface area contributed by atoms with Gasteiger partial charge >= 0.3 is 0 Å². The molecule has 33 heavy (non-hydrogen) atoms. The van der Waals surface area contributed by atoms with Crippen molar-refractivity contribution in [1.82, 2.24) is 4.98 Å². The number of thioether (sulfide) groups is 1. The first-order valence-electron chi connectivity index (χ1n) is 9.80. The number of carbonyl (C=O) groups is 2. The Kier molecular flexibility index (Phi) is 7.74. The van der Waals surface area contributed by atoms with Crippen LogP contribution in [0, 0.1) is 35.3 Å². The van der Waals surface area contributed by atoms with Gasteiger partial charge in [0.1, 0.15) is 11.1 Å². The van der Waals surface area contributed by atoms with Crippen LogP contribution in [0.15, 0.2) is 58.0 Å². The van der Waals surface area contributed by atoms with Crippen LogP contribution in [0.25, 0.3) is 0 Å². The average Bonchev–Trinajstić information content (AvgIpc) is 2.80. The van der Waals surface area contributed by atoms with Gasteiger partial charge in [-0.25, -0.2) is 4.98 Å². The fourth-order valence-corrected chi connectivity index (χ4v) is 4.48. The summed E-state index contributed by atoms with van der Waals surface area (Å²) in [6, 6.07) is 14.6. The van der Waals surface area contributed by atoms with Gasteiger partial charge in [-0.05, 0) is 49.2 Å². The Hall–Kier alpha value is -3.35. The third kappa shape index (κ3) is 5.72. The van der Waals surface area contributed by atoms with Crippen LogP contribution in [0.2, 0.25) is 0 Å². The van der Waals surface area contributed by atoms with E-state index >= 15 is 0 Å². The van der Waals surface area contributed by atoms with Crippen molar-refractivity contribution in [3.8, 4) is 6.07 Å². The Morgan fingerprint density at radius 2 is 1.64 bits per heavy atom. The molecule has 3 rings (SSSR count). The lowest BCUT2D eigenvalue weighted by molar-refractivity contribution is -0.384. The summed E-state index contributed by atoms with van der Waals surface area (Å²) in [6.45, 7) is 3.56. The van der Waals surface area contributed by atoms with Crippen molar-refractivity contribution in [2.75, 3.05) is 5.75 Å². The molecule has 7 nitrogen and oxygen atoms in total. The second-order valence-electron chi connectivity index (χ2n) is 7.22. The summed E-state index contributed by atoms with van der Waals surface area (Å²) >= 11 is 4.48. The van der Waals surface area contributed by atoms with E-state index in [1.165, 1.54) is 24.3 Å². The number of pyridine rings is 1. The average molecular weight is 524 g/mol. The monoisotopic (exact) mass is 523 g/mol. The third-order valence-electron chi connectivity index (χ3n) is 5.10. The van der Waals surface area contributed by atoms with Crippen molar-refractivity contribution in [3.63, 3.8) is 0 Å². The Balaban J connectivity index is 1.79. The van der Waals surface area contributed by atoms with E-state index in [-0.39, 0.29) is 29.4 Å². The van der Waals surface area contributed by atoms with Crippen LogP contribution in [0.1, 0.15) is 43.1 Å². The molecule has 3 aromatic rings. The van der Waals surface area contributed by atoms with Crippen molar-refractivity contribution in [3.05, 3.63) is 96.6 Å². The number of nitro groups is 1. The summed E-state index contributed by atoms with van der Waals surface area (Å²) in [7, 11) is 0. The van der Waals surface area contributed by atoms with Crippen LogP contribution < -0.4 is 0 Å². The minimum atomic E-state index is -0.527. The highest BCUT2D eigenvalue weighted by atomic mass is 79.9. The van der Waals surface area contributed by atoms with Gasteiger partial charge in [-0.2, -0.15) is 5.26 Å². The third-order valence-corrected chi connectivity index (χ3v) is 6.61. The number of nitro benzene ring substituents is 1. The van der Waals surface area contributed by atoms with Crippen LogP contribution >= 0.6 is 27.7 Å². The predicted octanol–water partition coefficient (Wildman–Crippen LogP) is 5.64. The molecule has 0 bridgehead atoms. The van der Waals surface area contributed by atoms with Crippen molar-refractivity contribution < 1.29 is 14.5 Å². The molecule has 0 aliphatic rings. The van der Waals surface area contributed by atoms with Gasteiger partial charge in [0.25, 0.3) is 5.69 Å². The number of nitrogens with zero attached hydrogens (tertiary/aromatic N) is 3. The second-order valence-corrected chi connectivity index (χ2v) is 9.10. The van der Waals surface area contributed by atoms with E-state index in [1.807, 2.05) is 0 Å². The molecule has 0 N–H and O–H groups in total. The zero-order valence-electron chi connectivity index (χ0n) is 17.8. The molecule has 0 saturated carbocycles. The lowest BCUT2D eigenvalue weighted by Gasteiger charge is -2.14. The van der Waals surface area contributed by atoms with Gasteiger partial charge < -0.3 is 0 Å². The van der Waals surface area contributed by atoms with E-state index in [0.29, 0.717) is 38.5 Å². The lowest BCUT2D eigenvalue weighted by atomic mass is 9.96. The number of rotatable bonds is 8. The van der Waals surface area contributed by atoms with E-state index in [1.54, 1.807) is 38.1 Å². The molecule has 0 fully saturated rings. The molecule has 0 amide bonds. The molecule has 1 heterocycles. The van der Waals surface area contributed by atoms with Gasteiger partial charge in [0, 0.05) is 39.8 Å². The fourth-order valence-electron chi connectivity index (χ4n) is 3.24. The number of hydrogen-bond donors (Lipinski definition) is 0. The molecule has 0 atom stereocenters. The van der Waals surface area contributed by atoms with Crippen LogP contribution in [0.5, 0.6) is 0 Å². The normalized spacial score (nSPS) is 10.5. The van der Waals surface area contributed by atoms with E-state index in [2.05, 4.69) is 27.0 Å². The van der Waals surface area contributed by atoms with E-state index in [9.17, 15) is 25.0 Å². The van der Waals surface area contributed by atoms with Crippen LogP contribution in [0.3, 0.4) is 0 Å². The van der Waals surface area contributed by atoms with Gasteiger partial charge in [0.05, 0.1) is 16.2 Å². The summed E-state index contributed by atoms with van der Waals surface area (Å²) in [6.07, 6.45) is 0.119. The first-order valence-corrected chi connectivity index (χ1v) is 11.6. The van der Waals surface area contributed by atoms with E-state index in [0.717, 1.165) is 16.2 Å². The molecule has 0 aliphatic carbocycles. The molecule has 1 aromatic heterocycles. The Morgan fingerprint density at radius 1 is 1.06 bits per heavy atom. The SMILES string of the molecule is Cc1nc(SCC(=O)c2ccc([N+](=O)[O-])cc2)c(C#N)c(C)c1CC(=O)c1ccc(Br)cc1. The van der Waals surface area contributed by atoms with Gasteiger partial charge in [-0.1, -0.05) is 39.8 Å². The predicted molar refractivity (Wildman–Crippen MR) is 129 cm³/mol. The number of aryl methyl sites for hydroxylation is 1. The fraction of sp³-hybridized carbons (Fsp3) is 0.167. The number of ketones is 2. The van der Waals surface area contributed by atoms with Gasteiger partial charge in [-0.15, -0.1) is 0 Å². The summed E-state index contributed by atoms with van der Waals surface area (Å²) in [5, 5.41) is 20.9. The van der Waals surface area contributed by atoms with Crippen LogP contribution in [-0.2, 0) is 6.42 Å². The molecule has 0 unspecified atom stereocenters. The van der Waals surface area contributed by atoms with Crippen molar-refractivity contribution in [2.45, 2.75) is 25.3 Å². The molecule has 0 spiro atoms. The molecule has 0 aliphatic heterocycles. The van der Waals surface area contributed by atoms with E-state index < -0.39 is 4.92 Å². The Morgan fingerprint density at radius 3 is 2.21 bits per heavy atom. The second kappa shape index (κ2) is 10.5. The molecule has 9 heteroatoms. The van der Waals surface area contributed by atoms with Crippen molar-refractivity contribution in [1.29, 1.82) is 5.26 Å². The van der Waals surface area contributed by atoms with Gasteiger partial charge in [0.2, 0.25) is 0 Å². The van der Waals surface area contributed by atoms with Gasteiger partial charge in [0.15, 0.2) is 11.6 Å². The molecular weight excluding hydrogens is 506 g/mol. The highest BCUT2D eigenvalue weighted by Crippen LogP contribution is 2.28. The zero-order chi connectivity index (χ0) is 24.1. The first-order chi connectivity index (χ1) is 15.7. The smallest absolute Gasteiger partial charge is 0.269 e. The maximum atomic E-state index is 12.7. The number of carbonyl (C=O) groups excluding carboxylic acids is 2. The Labute approximate surface area is 203 Å². The van der Waals surface area contributed by atoms with Gasteiger partial charge in [-0.3, -0.25) is 19.7 Å². The molecule has 0 radical (unpaired) electrons. The lowest BCUT2D eigenvalue weighted by Crippen LogP contribution is -2.10. The minimum absolute atomic E-state index is 0.0234. The van der Waals surface area contributed by atoms with Crippen molar-refractivity contribution in [2.24, 2.45) is 0 Å². The molecule has 166 valence electrons. The Bertz CT molecular complexity index is 1280. The van der Waals surface area contributed by atoms with Crippen molar-refractivity contribution >= 4 is 44.9 Å². The number of hydrogen-bond acceptors (Lipinski definition) is 7. The standard InChI is InChI=1S/C24H18BrN3O4S/c1-14-20(11-22(29)16-3-7-18(25)8-4-16)15(2)27-24(21(14)12-26)33-13-23(30)17-5-9-19(10-6-17)28(31)32/h3-10H,11,13H2,1-2H3. The van der Waals surface area contributed by atoms with Crippen LogP contribution in [0.4, 0.5) is 5.69 Å². The maximum Gasteiger partial charge on any atom is 0.269 e. The minimum Gasteiger partial charge on any atom is -0.294 e. The molecule has 0 saturated heterocycles. The summed E-state index contributed by atoms with van der Waals surface area (Å²) in [5.41, 5.74) is 3.15. The summed E-state index contributed by atoms with van der Waals surface area (Å²) < 4.78 is 0.879. The molecule has 2 aromatic carbocycles. The quantitative estimate of drug-likeness (QED) is 0.162. The zero-order valence-corrected chi connectivity index (χ0v) is 20.2. The summed E-state index contributed by atoms with van der Waals surface area (Å²) in [5.74, 6) is -0.284. The number of nitriles is 1. The number of benzene rings is 2. The first kappa shape index (κ1) is 24.3. The molecular formula is C24H18BrN3O4S. The largest absolute Gasteiger partial charge is 0.294 e. The number of Topliss-reactive ketones (excluding diaryl/α,β-unsaturated/α-hetero) is 2. The number of halogens is 1. The highest BCUT2D eigenvalue weighted by molar-refractivity contribution is 9.10.